The van der Waals surface area contributed by atoms with Crippen molar-refractivity contribution in [1.82, 2.24) is 4.31 Å². The Morgan fingerprint density at radius 1 is 1.14 bits per heavy atom. The highest BCUT2D eigenvalue weighted by Crippen LogP contribution is 2.49. The van der Waals surface area contributed by atoms with Crippen LogP contribution in [0.15, 0.2) is 41.6 Å². The van der Waals surface area contributed by atoms with E-state index in [4.69, 9.17) is 28.0 Å². The van der Waals surface area contributed by atoms with E-state index in [9.17, 15) is 26.4 Å². The number of nitrogens with zero attached hydrogens (tertiary/aromatic N) is 2. The molecule has 2 aliphatic heterocycles. The van der Waals surface area contributed by atoms with Gasteiger partial charge in [-0.05, 0) is 61.1 Å². The maximum absolute atomic E-state index is 14.2. The van der Waals surface area contributed by atoms with E-state index >= 15 is 0 Å². The van der Waals surface area contributed by atoms with E-state index in [-0.39, 0.29) is 44.7 Å². The Hall–Kier alpha value is -2.14. The van der Waals surface area contributed by atoms with Gasteiger partial charge in [0.25, 0.3) is 5.60 Å². The number of ketones is 1. The van der Waals surface area contributed by atoms with Crippen molar-refractivity contribution in [1.29, 1.82) is 0 Å². The zero-order valence-electron chi connectivity index (χ0n) is 19.7. The highest BCUT2D eigenvalue weighted by Gasteiger charge is 2.62. The topological polar surface area (TPSA) is 76.0 Å². The van der Waals surface area contributed by atoms with Crippen molar-refractivity contribution in [2.75, 3.05) is 13.1 Å². The molecule has 12 heteroatoms. The third kappa shape index (κ3) is 4.89. The van der Waals surface area contributed by atoms with Crippen molar-refractivity contribution in [3.05, 3.63) is 68.7 Å². The maximum atomic E-state index is 14.2. The summed E-state index contributed by atoms with van der Waals surface area (Å²) >= 11 is 11.9. The first kappa shape index (κ1) is 26.5. The van der Waals surface area contributed by atoms with Gasteiger partial charge in [-0.3, -0.25) is 4.79 Å². The van der Waals surface area contributed by atoms with Crippen LogP contribution in [-0.4, -0.2) is 48.7 Å². The third-order valence-corrected chi connectivity index (χ3v) is 9.85. The molecule has 3 aliphatic rings. The quantitative estimate of drug-likeness (QED) is 0.387. The summed E-state index contributed by atoms with van der Waals surface area (Å²) in [6.07, 6.45) is -3.80. The van der Waals surface area contributed by atoms with Gasteiger partial charge in [-0.25, -0.2) is 12.7 Å². The van der Waals surface area contributed by atoms with Crippen molar-refractivity contribution in [3.8, 4) is 0 Å². The van der Waals surface area contributed by atoms with Crippen LogP contribution in [-0.2, 0) is 20.5 Å². The fraction of sp³-hybridized carbons (Fsp3) is 0.440. The van der Waals surface area contributed by atoms with Gasteiger partial charge in [-0.15, -0.1) is 0 Å². The lowest BCUT2D eigenvalue weighted by Gasteiger charge is -2.38. The molecule has 5 rings (SSSR count). The molecule has 2 aromatic carbocycles. The van der Waals surface area contributed by atoms with Crippen LogP contribution >= 0.6 is 23.2 Å². The Morgan fingerprint density at radius 2 is 1.78 bits per heavy atom. The number of alkyl halides is 3. The largest absolute Gasteiger partial charge is 0.435 e. The van der Waals surface area contributed by atoms with Crippen molar-refractivity contribution < 1.29 is 31.2 Å². The van der Waals surface area contributed by atoms with Crippen LogP contribution in [0.25, 0.3) is 0 Å². The molecule has 0 radical (unpaired) electrons. The number of halogens is 5. The van der Waals surface area contributed by atoms with Crippen LogP contribution in [0.1, 0.15) is 52.7 Å². The Balaban J connectivity index is 1.29. The molecule has 0 amide bonds. The standard InChI is InChI=1S/C25H23Cl2F3N2O4S/c1-14-6-16(2-5-21(14)23(33)7-15-12-32(13-15)37(34,35)20-3-4-20)22-11-24(36-31-22,25(28,29)30)17-8-18(26)10-19(27)9-17/h2,5-6,8-10,15,20H,3-4,7,11-13H2,1H3/t24-/m0/s1. The van der Waals surface area contributed by atoms with Gasteiger partial charge in [0, 0.05) is 47.1 Å². The van der Waals surface area contributed by atoms with E-state index in [1.54, 1.807) is 25.1 Å². The highest BCUT2D eigenvalue weighted by molar-refractivity contribution is 7.90. The molecule has 37 heavy (non-hydrogen) atoms. The molecular formula is C25H23Cl2F3N2O4S. The van der Waals surface area contributed by atoms with E-state index in [2.05, 4.69) is 5.16 Å². The summed E-state index contributed by atoms with van der Waals surface area (Å²) in [5, 5.41) is 3.58. The summed E-state index contributed by atoms with van der Waals surface area (Å²) in [5.41, 5.74) is -1.49. The summed E-state index contributed by atoms with van der Waals surface area (Å²) in [6, 6.07) is 8.37. The van der Waals surface area contributed by atoms with Crippen LogP contribution in [0, 0.1) is 12.8 Å². The molecule has 6 nitrogen and oxygen atoms in total. The number of carbonyl (C=O) groups excluding carboxylic acids is 1. The Bertz CT molecular complexity index is 1380. The second-order valence-electron chi connectivity index (χ2n) is 9.87. The second kappa shape index (κ2) is 9.25. The monoisotopic (exact) mass is 574 g/mol. The molecule has 1 saturated carbocycles. The molecule has 198 valence electrons. The number of hydrogen-bond donors (Lipinski definition) is 0. The average molecular weight is 575 g/mol. The van der Waals surface area contributed by atoms with Gasteiger partial charge >= 0.3 is 6.18 Å². The number of carbonyl (C=O) groups is 1. The molecule has 1 atom stereocenters. The smallest absolute Gasteiger partial charge is 0.374 e. The molecule has 1 aliphatic carbocycles. The van der Waals surface area contributed by atoms with Crippen LogP contribution in [0.4, 0.5) is 13.2 Å². The van der Waals surface area contributed by atoms with E-state index < -0.39 is 28.2 Å². The SMILES string of the molecule is Cc1cc(C2=NO[C@@](c3cc(Cl)cc(Cl)c3)(C(F)(F)F)C2)ccc1C(=O)CC1CN(S(=O)(=O)C2CC2)C1. The fourth-order valence-corrected chi connectivity index (χ4v) is 7.33. The minimum absolute atomic E-state index is 0.0432. The molecular weight excluding hydrogens is 552 g/mol. The second-order valence-corrected chi connectivity index (χ2v) is 13.0. The molecule has 2 aromatic rings. The summed E-state index contributed by atoms with van der Waals surface area (Å²) in [7, 11) is -3.23. The number of Topliss-reactive ketones (excluding diaryl/α,β-unsaturated/α-hetero) is 1. The van der Waals surface area contributed by atoms with Crippen LogP contribution < -0.4 is 0 Å². The predicted octanol–water partition coefficient (Wildman–Crippen LogP) is 5.88. The number of oxime groups is 1. The first-order valence-corrected chi connectivity index (χ1v) is 14.0. The highest BCUT2D eigenvalue weighted by atomic mass is 35.5. The normalized spacial score (nSPS) is 22.9. The molecule has 1 saturated heterocycles. The third-order valence-electron chi connectivity index (χ3n) is 7.08. The molecule has 2 heterocycles. The maximum Gasteiger partial charge on any atom is 0.435 e. The van der Waals surface area contributed by atoms with Gasteiger partial charge in [-0.1, -0.05) is 40.5 Å². The average Bonchev–Trinajstić information content (AvgIpc) is 3.53. The van der Waals surface area contributed by atoms with Gasteiger partial charge < -0.3 is 4.84 Å². The minimum Gasteiger partial charge on any atom is -0.374 e. The van der Waals surface area contributed by atoms with Gasteiger partial charge in [0.05, 0.1) is 11.0 Å². The Labute approximate surface area is 222 Å². The lowest BCUT2D eigenvalue weighted by Crippen LogP contribution is -2.51. The van der Waals surface area contributed by atoms with Crippen LogP contribution in [0.3, 0.4) is 0 Å². The summed E-state index contributed by atoms with van der Waals surface area (Å²) in [6.45, 7) is 2.37. The lowest BCUT2D eigenvalue weighted by atomic mass is 9.85. The summed E-state index contributed by atoms with van der Waals surface area (Å²) in [4.78, 5) is 17.9. The molecule has 0 bridgehead atoms. The zero-order valence-corrected chi connectivity index (χ0v) is 22.0. The molecule has 0 unspecified atom stereocenters. The first-order valence-electron chi connectivity index (χ1n) is 11.7. The molecule has 2 fully saturated rings. The van der Waals surface area contributed by atoms with E-state index in [1.807, 2.05) is 0 Å². The molecule has 0 spiro atoms. The number of rotatable bonds is 7. The number of aryl methyl sites for hydroxylation is 1. The molecule has 0 N–H and O–H groups in total. The summed E-state index contributed by atoms with van der Waals surface area (Å²) < 4.78 is 68.7. The van der Waals surface area contributed by atoms with Crippen molar-refractivity contribution >= 4 is 44.7 Å². The first-order chi connectivity index (χ1) is 17.3. The van der Waals surface area contributed by atoms with Crippen LogP contribution in [0.5, 0.6) is 0 Å². The van der Waals surface area contributed by atoms with Crippen LogP contribution in [0.2, 0.25) is 10.0 Å². The molecule has 0 aromatic heterocycles. The predicted molar refractivity (Wildman–Crippen MR) is 134 cm³/mol. The number of benzene rings is 2. The zero-order chi connectivity index (χ0) is 26.8. The number of sulfonamides is 1. The van der Waals surface area contributed by atoms with Crippen molar-refractivity contribution in [2.24, 2.45) is 11.1 Å². The van der Waals surface area contributed by atoms with Crippen molar-refractivity contribution in [2.45, 2.75) is 49.6 Å². The van der Waals surface area contributed by atoms with Gasteiger partial charge in [0.1, 0.15) is 0 Å². The summed E-state index contributed by atoms with van der Waals surface area (Å²) in [5.74, 6) is -0.190. The fourth-order valence-electron chi connectivity index (χ4n) is 4.81. The van der Waals surface area contributed by atoms with Gasteiger partial charge in [0.2, 0.25) is 10.0 Å². The van der Waals surface area contributed by atoms with E-state index in [1.165, 1.54) is 10.4 Å². The Kier molecular flexibility index (Phi) is 6.62. The van der Waals surface area contributed by atoms with Crippen molar-refractivity contribution in [3.63, 3.8) is 0 Å². The Morgan fingerprint density at radius 3 is 2.35 bits per heavy atom. The lowest BCUT2D eigenvalue weighted by molar-refractivity contribution is -0.275. The number of hydrogen-bond acceptors (Lipinski definition) is 5. The van der Waals surface area contributed by atoms with Gasteiger partial charge in [-0.2, -0.15) is 13.2 Å². The van der Waals surface area contributed by atoms with E-state index in [0.29, 0.717) is 42.6 Å². The van der Waals surface area contributed by atoms with E-state index in [0.717, 1.165) is 12.1 Å². The minimum atomic E-state index is -4.80. The van der Waals surface area contributed by atoms with Gasteiger partial charge in [0.15, 0.2) is 5.78 Å².